The maximum Gasteiger partial charge on any atom is 0.134 e. The van der Waals surface area contributed by atoms with Crippen molar-refractivity contribution in [2.45, 2.75) is 37.5 Å². The van der Waals surface area contributed by atoms with Crippen molar-refractivity contribution in [1.29, 1.82) is 0 Å². The van der Waals surface area contributed by atoms with Gasteiger partial charge < -0.3 is 10.2 Å². The van der Waals surface area contributed by atoms with Gasteiger partial charge in [-0.05, 0) is 49.5 Å². The fourth-order valence-corrected chi connectivity index (χ4v) is 4.77. The predicted molar refractivity (Wildman–Crippen MR) is 108 cm³/mol. The molecular weight excluding hydrogens is 360 g/mol. The van der Waals surface area contributed by atoms with Crippen LogP contribution in [0.25, 0.3) is 0 Å². The van der Waals surface area contributed by atoms with E-state index >= 15 is 0 Å². The molecule has 2 aliphatic rings. The van der Waals surface area contributed by atoms with Crippen molar-refractivity contribution in [3.05, 3.63) is 64.7 Å². The zero-order valence-corrected chi connectivity index (χ0v) is 16.3. The lowest BCUT2D eigenvalue weighted by Gasteiger charge is -2.48. The van der Waals surface area contributed by atoms with E-state index in [0.717, 1.165) is 37.3 Å². The smallest absolute Gasteiger partial charge is 0.134 e. The standard InChI is InChI=1S/C22H27ClN2O2/c23-21-17(7-6-10-19(21)26)15-24-14-11-22(27,18-8-2-1-3-9-18)20(16-24)25-12-4-5-13-25/h1-3,6-10,20,26-27H,4-5,11-16H2/t20-,22+/m1/s1. The van der Waals surface area contributed by atoms with Crippen LogP contribution in [0.5, 0.6) is 5.75 Å². The second kappa shape index (κ2) is 7.80. The molecule has 0 aromatic heterocycles. The van der Waals surface area contributed by atoms with Gasteiger partial charge in [0.2, 0.25) is 0 Å². The van der Waals surface area contributed by atoms with Crippen molar-refractivity contribution in [3.63, 3.8) is 0 Å². The Bertz CT molecular complexity index is 779. The lowest BCUT2D eigenvalue weighted by molar-refractivity contribution is -0.0959. The highest BCUT2D eigenvalue weighted by Crippen LogP contribution is 2.38. The fraction of sp³-hybridized carbons (Fsp3) is 0.455. The molecule has 27 heavy (non-hydrogen) atoms. The maximum absolute atomic E-state index is 11.7. The summed E-state index contributed by atoms with van der Waals surface area (Å²) in [6.07, 6.45) is 3.08. The zero-order chi connectivity index (χ0) is 18.9. The molecule has 0 amide bonds. The van der Waals surface area contributed by atoms with E-state index in [2.05, 4.69) is 9.80 Å². The number of benzene rings is 2. The Morgan fingerprint density at radius 1 is 1.00 bits per heavy atom. The summed E-state index contributed by atoms with van der Waals surface area (Å²) in [5.41, 5.74) is 1.11. The maximum atomic E-state index is 11.7. The average Bonchev–Trinajstić information content (AvgIpc) is 3.22. The van der Waals surface area contributed by atoms with Crippen LogP contribution in [0.1, 0.15) is 30.4 Å². The van der Waals surface area contributed by atoms with Crippen molar-refractivity contribution in [2.24, 2.45) is 0 Å². The number of piperidine rings is 1. The number of likely N-dealkylation sites (tertiary alicyclic amines) is 2. The average molecular weight is 387 g/mol. The van der Waals surface area contributed by atoms with E-state index in [0.29, 0.717) is 18.0 Å². The first-order valence-corrected chi connectivity index (χ1v) is 10.2. The quantitative estimate of drug-likeness (QED) is 0.842. The molecule has 2 aliphatic heterocycles. The summed E-state index contributed by atoms with van der Waals surface area (Å²) in [7, 11) is 0. The Kier molecular flexibility index (Phi) is 5.42. The Morgan fingerprint density at radius 3 is 2.48 bits per heavy atom. The van der Waals surface area contributed by atoms with Gasteiger partial charge in [0.25, 0.3) is 0 Å². The number of aromatic hydroxyl groups is 1. The molecular formula is C22H27ClN2O2. The number of nitrogens with zero attached hydrogens (tertiary/aromatic N) is 2. The molecule has 5 heteroatoms. The van der Waals surface area contributed by atoms with Crippen LogP contribution >= 0.6 is 11.6 Å². The second-order valence-corrected chi connectivity index (χ2v) is 8.16. The van der Waals surface area contributed by atoms with E-state index in [-0.39, 0.29) is 11.8 Å². The number of halogens is 1. The molecule has 2 N–H and O–H groups in total. The van der Waals surface area contributed by atoms with Gasteiger partial charge in [0.1, 0.15) is 11.4 Å². The largest absolute Gasteiger partial charge is 0.506 e. The van der Waals surface area contributed by atoms with E-state index in [1.807, 2.05) is 42.5 Å². The van der Waals surface area contributed by atoms with Gasteiger partial charge in [0.05, 0.1) is 11.1 Å². The number of rotatable bonds is 4. The van der Waals surface area contributed by atoms with Crippen LogP contribution < -0.4 is 0 Å². The number of phenolic OH excluding ortho intramolecular Hbond substituents is 1. The summed E-state index contributed by atoms with van der Waals surface area (Å²) in [5, 5.41) is 22.0. The van der Waals surface area contributed by atoms with E-state index in [4.69, 9.17) is 11.6 Å². The SMILES string of the molecule is Oc1cccc(CN2CC[C@](O)(c3ccccc3)[C@H](N3CCCC3)C2)c1Cl. The minimum absolute atomic E-state index is 0.0623. The summed E-state index contributed by atoms with van der Waals surface area (Å²) >= 11 is 6.29. The molecule has 2 saturated heterocycles. The van der Waals surface area contributed by atoms with Gasteiger partial charge in [-0.2, -0.15) is 0 Å². The van der Waals surface area contributed by atoms with Crippen LogP contribution in [0.2, 0.25) is 5.02 Å². The van der Waals surface area contributed by atoms with Gasteiger partial charge >= 0.3 is 0 Å². The normalized spacial score (nSPS) is 27.1. The van der Waals surface area contributed by atoms with Crippen molar-refractivity contribution in [1.82, 2.24) is 9.80 Å². The molecule has 4 rings (SSSR count). The number of hydrogen-bond donors (Lipinski definition) is 2. The van der Waals surface area contributed by atoms with Crippen molar-refractivity contribution in [3.8, 4) is 5.75 Å². The number of aliphatic hydroxyl groups is 1. The van der Waals surface area contributed by atoms with E-state index < -0.39 is 5.60 Å². The monoisotopic (exact) mass is 386 g/mol. The molecule has 2 heterocycles. The number of phenols is 1. The Hall–Kier alpha value is -1.59. The fourth-order valence-electron chi connectivity index (χ4n) is 4.59. The van der Waals surface area contributed by atoms with Crippen LogP contribution in [0.4, 0.5) is 0 Å². The first kappa shape index (κ1) is 18.8. The highest BCUT2D eigenvalue weighted by atomic mass is 35.5. The molecule has 0 saturated carbocycles. The van der Waals surface area contributed by atoms with Crippen molar-refractivity contribution < 1.29 is 10.2 Å². The molecule has 0 bridgehead atoms. The molecule has 2 fully saturated rings. The lowest BCUT2D eigenvalue weighted by atomic mass is 9.79. The minimum atomic E-state index is -0.829. The van der Waals surface area contributed by atoms with Crippen LogP contribution in [0.3, 0.4) is 0 Å². The molecule has 4 nitrogen and oxygen atoms in total. The van der Waals surface area contributed by atoms with Crippen molar-refractivity contribution >= 4 is 11.6 Å². The van der Waals surface area contributed by atoms with E-state index in [9.17, 15) is 10.2 Å². The van der Waals surface area contributed by atoms with Crippen molar-refractivity contribution in [2.75, 3.05) is 26.2 Å². The van der Waals surface area contributed by atoms with E-state index in [1.165, 1.54) is 12.8 Å². The van der Waals surface area contributed by atoms with Gasteiger partial charge in [-0.1, -0.05) is 54.1 Å². The third kappa shape index (κ3) is 3.72. The van der Waals surface area contributed by atoms with Crippen LogP contribution in [0.15, 0.2) is 48.5 Å². The molecule has 0 spiro atoms. The number of hydrogen-bond acceptors (Lipinski definition) is 4. The Morgan fingerprint density at radius 2 is 1.74 bits per heavy atom. The van der Waals surface area contributed by atoms with E-state index in [1.54, 1.807) is 6.07 Å². The lowest BCUT2D eigenvalue weighted by Crippen LogP contribution is -2.60. The minimum Gasteiger partial charge on any atom is -0.506 e. The summed E-state index contributed by atoms with van der Waals surface area (Å²) < 4.78 is 0. The molecule has 0 unspecified atom stereocenters. The summed E-state index contributed by atoms with van der Waals surface area (Å²) in [6, 6.07) is 15.6. The molecule has 0 radical (unpaired) electrons. The van der Waals surface area contributed by atoms with Gasteiger partial charge in [-0.3, -0.25) is 9.80 Å². The second-order valence-electron chi connectivity index (χ2n) is 7.78. The molecule has 2 aromatic carbocycles. The highest BCUT2D eigenvalue weighted by molar-refractivity contribution is 6.32. The molecule has 2 aromatic rings. The van der Waals surface area contributed by atoms with Gasteiger partial charge in [-0.25, -0.2) is 0 Å². The third-order valence-electron chi connectivity index (χ3n) is 6.10. The summed E-state index contributed by atoms with van der Waals surface area (Å²) in [5.74, 6) is 0.128. The molecule has 0 aliphatic carbocycles. The first-order chi connectivity index (χ1) is 13.1. The van der Waals surface area contributed by atoms with Crippen LogP contribution in [0, 0.1) is 0 Å². The Labute approximate surface area is 166 Å². The van der Waals surface area contributed by atoms with Gasteiger partial charge in [0.15, 0.2) is 0 Å². The predicted octanol–water partition coefficient (Wildman–Crippen LogP) is 3.60. The first-order valence-electron chi connectivity index (χ1n) is 9.78. The van der Waals surface area contributed by atoms with Crippen LogP contribution in [-0.2, 0) is 12.1 Å². The third-order valence-corrected chi connectivity index (χ3v) is 6.54. The topological polar surface area (TPSA) is 46.9 Å². The van der Waals surface area contributed by atoms with Gasteiger partial charge in [-0.15, -0.1) is 0 Å². The zero-order valence-electron chi connectivity index (χ0n) is 15.5. The van der Waals surface area contributed by atoms with Crippen LogP contribution in [-0.4, -0.2) is 52.2 Å². The molecule has 2 atom stereocenters. The Balaban J connectivity index is 1.58. The van der Waals surface area contributed by atoms with Gasteiger partial charge in [0, 0.05) is 19.6 Å². The summed E-state index contributed by atoms with van der Waals surface area (Å²) in [6.45, 7) is 4.35. The highest BCUT2D eigenvalue weighted by Gasteiger charge is 2.46. The molecule has 144 valence electrons. The summed E-state index contributed by atoms with van der Waals surface area (Å²) in [4.78, 5) is 4.80.